The van der Waals surface area contributed by atoms with Gasteiger partial charge in [0.2, 0.25) is 0 Å². The number of aryl methyl sites for hydroxylation is 2. The fourth-order valence-corrected chi connectivity index (χ4v) is 2.11. The highest BCUT2D eigenvalue weighted by atomic mass is 16.3. The second-order valence-electron chi connectivity index (χ2n) is 4.68. The monoisotopic (exact) mass is 245 g/mol. The molecule has 0 amide bonds. The van der Waals surface area contributed by atoms with Gasteiger partial charge < -0.3 is 5.11 Å². The van der Waals surface area contributed by atoms with Crippen molar-refractivity contribution in [2.24, 2.45) is 13.0 Å². The van der Waals surface area contributed by atoms with E-state index in [9.17, 15) is 5.11 Å². The van der Waals surface area contributed by atoms with Gasteiger partial charge in [-0.15, -0.1) is 0 Å². The van der Waals surface area contributed by atoms with Crippen LogP contribution < -0.4 is 0 Å². The first-order valence-electron chi connectivity index (χ1n) is 6.19. The molecule has 1 aromatic carbocycles. The minimum atomic E-state index is 0.168. The third-order valence-corrected chi connectivity index (χ3v) is 3.30. The summed E-state index contributed by atoms with van der Waals surface area (Å²) in [5, 5.41) is 13.6. The maximum atomic E-state index is 9.51. The zero-order valence-electron chi connectivity index (χ0n) is 10.9. The van der Waals surface area contributed by atoms with Gasteiger partial charge in [0.05, 0.1) is 0 Å². The van der Waals surface area contributed by atoms with Gasteiger partial charge in [0.15, 0.2) is 0 Å². The van der Waals surface area contributed by atoms with Crippen molar-refractivity contribution in [3.05, 3.63) is 47.5 Å². The number of aliphatic hydroxyl groups is 1. The van der Waals surface area contributed by atoms with E-state index < -0.39 is 0 Å². The number of rotatable bonds is 5. The highest BCUT2D eigenvalue weighted by molar-refractivity contribution is 5.26. The van der Waals surface area contributed by atoms with Crippen LogP contribution in [0.2, 0.25) is 0 Å². The molecule has 0 fully saturated rings. The maximum Gasteiger partial charge on any atom is 0.138 e. The van der Waals surface area contributed by atoms with E-state index in [2.05, 4.69) is 29.1 Å². The Hall–Kier alpha value is -1.68. The van der Waals surface area contributed by atoms with Gasteiger partial charge in [-0.2, -0.15) is 5.10 Å². The summed E-state index contributed by atoms with van der Waals surface area (Å²) in [7, 11) is 1.88. The first kappa shape index (κ1) is 12.8. The second kappa shape index (κ2) is 5.78. The van der Waals surface area contributed by atoms with Gasteiger partial charge in [-0.1, -0.05) is 24.3 Å². The molecular weight excluding hydrogens is 226 g/mol. The Morgan fingerprint density at radius 1 is 1.28 bits per heavy atom. The van der Waals surface area contributed by atoms with Crippen LogP contribution in [0.3, 0.4) is 0 Å². The normalized spacial score (nSPS) is 12.6. The average molecular weight is 245 g/mol. The van der Waals surface area contributed by atoms with Gasteiger partial charge in [-0.05, 0) is 30.4 Å². The van der Waals surface area contributed by atoms with E-state index in [-0.39, 0.29) is 12.5 Å². The molecular formula is C14H19N3O. The molecule has 1 N–H and O–H groups in total. The van der Waals surface area contributed by atoms with Gasteiger partial charge >= 0.3 is 0 Å². The lowest BCUT2D eigenvalue weighted by Crippen LogP contribution is -2.16. The number of aromatic nitrogens is 3. The van der Waals surface area contributed by atoms with Crippen LogP contribution in [0.5, 0.6) is 0 Å². The Morgan fingerprint density at radius 2 is 2.06 bits per heavy atom. The quantitative estimate of drug-likeness (QED) is 0.869. The Labute approximate surface area is 107 Å². The largest absolute Gasteiger partial charge is 0.396 e. The predicted octanol–water partition coefficient (Wildman–Crippen LogP) is 1.52. The summed E-state index contributed by atoms with van der Waals surface area (Å²) in [6, 6.07) is 8.30. The molecule has 0 radical (unpaired) electrons. The highest BCUT2D eigenvalue weighted by Crippen LogP contribution is 2.16. The molecule has 4 nitrogen and oxygen atoms in total. The van der Waals surface area contributed by atoms with Crippen LogP contribution >= 0.6 is 0 Å². The Bertz CT molecular complexity index is 507. The minimum Gasteiger partial charge on any atom is -0.396 e. The fourth-order valence-electron chi connectivity index (χ4n) is 2.11. The van der Waals surface area contributed by atoms with E-state index in [1.165, 1.54) is 11.1 Å². The van der Waals surface area contributed by atoms with E-state index in [1.54, 1.807) is 11.0 Å². The second-order valence-corrected chi connectivity index (χ2v) is 4.68. The van der Waals surface area contributed by atoms with Crippen LogP contribution in [0.1, 0.15) is 17.0 Å². The van der Waals surface area contributed by atoms with Gasteiger partial charge in [0.1, 0.15) is 12.2 Å². The molecule has 0 aliphatic carbocycles. The number of aliphatic hydroxyl groups excluding tert-OH is 1. The maximum absolute atomic E-state index is 9.51. The lowest BCUT2D eigenvalue weighted by Gasteiger charge is -2.15. The lowest BCUT2D eigenvalue weighted by atomic mass is 9.94. The van der Waals surface area contributed by atoms with Crippen molar-refractivity contribution >= 4 is 0 Å². The summed E-state index contributed by atoms with van der Waals surface area (Å²) in [5.41, 5.74) is 2.56. The third-order valence-electron chi connectivity index (χ3n) is 3.30. The van der Waals surface area contributed by atoms with Crippen LogP contribution in [0, 0.1) is 12.8 Å². The van der Waals surface area contributed by atoms with Crippen LogP contribution in [-0.4, -0.2) is 26.5 Å². The standard InChI is InChI=1S/C14H19N3O/c1-11-5-3-4-6-13(11)7-12(9-18)8-14-15-10-16-17(14)2/h3-6,10,12,18H,7-9H2,1-2H3. The molecule has 1 aromatic heterocycles. The zero-order valence-corrected chi connectivity index (χ0v) is 10.9. The van der Waals surface area contributed by atoms with Gasteiger partial charge in [0.25, 0.3) is 0 Å². The smallest absolute Gasteiger partial charge is 0.138 e. The molecule has 1 unspecified atom stereocenters. The summed E-state index contributed by atoms with van der Waals surface area (Å²) in [6.45, 7) is 2.27. The van der Waals surface area contributed by atoms with Crippen LogP contribution in [-0.2, 0) is 19.9 Å². The minimum absolute atomic E-state index is 0.168. The van der Waals surface area contributed by atoms with Gasteiger partial charge in [-0.3, -0.25) is 4.68 Å². The highest BCUT2D eigenvalue weighted by Gasteiger charge is 2.13. The van der Waals surface area contributed by atoms with Crippen molar-refractivity contribution in [2.75, 3.05) is 6.61 Å². The summed E-state index contributed by atoms with van der Waals surface area (Å²) in [6.07, 6.45) is 3.18. The number of hydrogen-bond donors (Lipinski definition) is 1. The topological polar surface area (TPSA) is 50.9 Å². The molecule has 0 saturated carbocycles. The summed E-state index contributed by atoms with van der Waals surface area (Å²) < 4.78 is 1.76. The molecule has 2 aromatic rings. The van der Waals surface area contributed by atoms with E-state index in [0.717, 1.165) is 18.7 Å². The molecule has 0 aliphatic heterocycles. The van der Waals surface area contributed by atoms with E-state index >= 15 is 0 Å². The lowest BCUT2D eigenvalue weighted by molar-refractivity contribution is 0.222. The first-order chi connectivity index (χ1) is 8.70. The molecule has 0 spiro atoms. The number of hydrogen-bond acceptors (Lipinski definition) is 3. The van der Waals surface area contributed by atoms with Gasteiger partial charge in [0, 0.05) is 20.1 Å². The molecule has 1 atom stereocenters. The molecule has 2 rings (SSSR count). The average Bonchev–Trinajstić information content (AvgIpc) is 2.77. The number of nitrogens with zero attached hydrogens (tertiary/aromatic N) is 3. The van der Waals surface area contributed by atoms with Crippen molar-refractivity contribution in [2.45, 2.75) is 19.8 Å². The molecule has 96 valence electrons. The molecule has 4 heteroatoms. The van der Waals surface area contributed by atoms with E-state index in [0.29, 0.717) is 0 Å². The van der Waals surface area contributed by atoms with E-state index in [4.69, 9.17) is 0 Å². The van der Waals surface area contributed by atoms with Crippen LogP contribution in [0.15, 0.2) is 30.6 Å². The molecule has 0 bridgehead atoms. The Kier molecular flexibility index (Phi) is 4.10. The summed E-state index contributed by atoms with van der Waals surface area (Å²) in [5.74, 6) is 1.11. The third kappa shape index (κ3) is 2.96. The number of benzene rings is 1. The van der Waals surface area contributed by atoms with Crippen LogP contribution in [0.4, 0.5) is 0 Å². The Balaban J connectivity index is 2.06. The van der Waals surface area contributed by atoms with Crippen molar-refractivity contribution in [1.82, 2.24) is 14.8 Å². The Morgan fingerprint density at radius 3 is 2.67 bits per heavy atom. The van der Waals surface area contributed by atoms with Crippen molar-refractivity contribution in [1.29, 1.82) is 0 Å². The van der Waals surface area contributed by atoms with E-state index in [1.807, 2.05) is 19.2 Å². The van der Waals surface area contributed by atoms with Crippen LogP contribution in [0.25, 0.3) is 0 Å². The molecule has 18 heavy (non-hydrogen) atoms. The van der Waals surface area contributed by atoms with Crippen molar-refractivity contribution in [3.63, 3.8) is 0 Å². The predicted molar refractivity (Wildman–Crippen MR) is 70.2 cm³/mol. The summed E-state index contributed by atoms with van der Waals surface area (Å²) >= 11 is 0. The van der Waals surface area contributed by atoms with Gasteiger partial charge in [-0.25, -0.2) is 4.98 Å². The zero-order chi connectivity index (χ0) is 13.0. The van der Waals surface area contributed by atoms with Crippen molar-refractivity contribution < 1.29 is 5.11 Å². The molecule has 0 saturated heterocycles. The molecule has 1 heterocycles. The first-order valence-corrected chi connectivity index (χ1v) is 6.19. The summed E-state index contributed by atoms with van der Waals surface area (Å²) in [4.78, 5) is 4.21. The fraction of sp³-hybridized carbons (Fsp3) is 0.429. The SMILES string of the molecule is Cc1ccccc1CC(CO)Cc1ncnn1C. The van der Waals surface area contributed by atoms with Crippen molar-refractivity contribution in [3.8, 4) is 0 Å². The molecule has 0 aliphatic rings.